The SMILES string of the molecule is CCCc1ccc(NC(=O)C2(n3nccc3C(C)C)CCN(C[C@@H](C(=O)OC(C)(C)C)C3C[C@@H](C)O[C@@H](C)C3)CC2)c(OC(C)F)c1. The zero-order chi connectivity index (χ0) is 34.5. The molecule has 0 saturated carbocycles. The molecule has 3 heterocycles. The van der Waals surface area contributed by atoms with Crippen molar-refractivity contribution in [1.29, 1.82) is 0 Å². The Labute approximate surface area is 280 Å². The van der Waals surface area contributed by atoms with Crippen LogP contribution in [0.3, 0.4) is 0 Å². The zero-order valence-electron chi connectivity index (χ0n) is 30.0. The molecule has 2 aromatic rings. The lowest BCUT2D eigenvalue weighted by atomic mass is 9.80. The van der Waals surface area contributed by atoms with Crippen LogP contribution in [0.4, 0.5) is 10.1 Å². The summed E-state index contributed by atoms with van der Waals surface area (Å²) in [6.45, 7) is 19.2. The second kappa shape index (κ2) is 15.5. The maximum Gasteiger partial charge on any atom is 0.311 e. The van der Waals surface area contributed by atoms with Gasteiger partial charge in [-0.15, -0.1) is 0 Å². The molecule has 1 aromatic carbocycles. The van der Waals surface area contributed by atoms with E-state index in [9.17, 15) is 14.0 Å². The third kappa shape index (κ3) is 9.34. The van der Waals surface area contributed by atoms with E-state index in [0.717, 1.165) is 36.9 Å². The van der Waals surface area contributed by atoms with Crippen LogP contribution in [0, 0.1) is 11.8 Å². The lowest BCUT2D eigenvalue weighted by molar-refractivity contribution is -0.166. The van der Waals surface area contributed by atoms with Gasteiger partial charge in [0.25, 0.3) is 5.91 Å². The van der Waals surface area contributed by atoms with Crippen molar-refractivity contribution in [3.05, 3.63) is 41.7 Å². The van der Waals surface area contributed by atoms with Crippen LogP contribution in [-0.2, 0) is 31.0 Å². The number of piperidine rings is 1. The fourth-order valence-corrected chi connectivity index (χ4v) is 7.23. The van der Waals surface area contributed by atoms with E-state index in [1.165, 1.54) is 6.92 Å². The number of alkyl halides is 1. The molecular weight excluding hydrogens is 599 g/mol. The average molecular weight is 657 g/mol. The van der Waals surface area contributed by atoms with Crippen LogP contribution in [-0.4, -0.2) is 70.4 Å². The molecular formula is C37H57FN4O5. The van der Waals surface area contributed by atoms with Crippen LogP contribution in [0.2, 0.25) is 0 Å². The highest BCUT2D eigenvalue weighted by Crippen LogP contribution is 2.38. The van der Waals surface area contributed by atoms with E-state index >= 15 is 0 Å². The Morgan fingerprint density at radius 1 is 1.11 bits per heavy atom. The lowest BCUT2D eigenvalue weighted by Gasteiger charge is -2.44. The van der Waals surface area contributed by atoms with E-state index in [0.29, 0.717) is 43.9 Å². The fraction of sp³-hybridized carbons (Fsp3) is 0.703. The second-order valence-electron chi connectivity index (χ2n) is 15.0. The molecule has 5 atom stereocenters. The number of hydrogen-bond donors (Lipinski definition) is 1. The third-order valence-electron chi connectivity index (χ3n) is 9.36. The van der Waals surface area contributed by atoms with Gasteiger partial charge in [0, 0.05) is 38.4 Å². The monoisotopic (exact) mass is 656 g/mol. The standard InChI is InChI=1S/C37H57FN4O5/c1-10-11-28-12-13-31(33(22-28)46-27(6)38)40-35(44)37(42-32(24(2)3)14-17-39-42)15-18-41(19-16-37)23-30(34(43)47-36(7,8)9)29-20-25(4)45-26(5)21-29/h12-14,17,22,24-27,29-30H,10-11,15-16,18-21,23H2,1-9H3,(H,40,44)/t25-,26+,27?,29?,30-/m1/s1. The number of nitrogens with one attached hydrogen (secondary N) is 1. The molecule has 1 aromatic heterocycles. The summed E-state index contributed by atoms with van der Waals surface area (Å²) in [5.74, 6) is -0.0780. The summed E-state index contributed by atoms with van der Waals surface area (Å²) in [6.07, 6.45) is 4.73. The van der Waals surface area contributed by atoms with Gasteiger partial charge in [-0.1, -0.05) is 33.3 Å². The minimum atomic E-state index is -1.53. The van der Waals surface area contributed by atoms with Gasteiger partial charge in [0.1, 0.15) is 16.9 Å². The molecule has 0 aliphatic carbocycles. The summed E-state index contributed by atoms with van der Waals surface area (Å²) in [7, 11) is 0. The van der Waals surface area contributed by atoms with E-state index in [1.807, 2.05) is 43.7 Å². The molecule has 2 aliphatic heterocycles. The average Bonchev–Trinajstić information content (AvgIpc) is 3.47. The molecule has 2 saturated heterocycles. The predicted molar refractivity (Wildman–Crippen MR) is 182 cm³/mol. The van der Waals surface area contributed by atoms with Crippen molar-refractivity contribution in [3.8, 4) is 5.75 Å². The molecule has 0 radical (unpaired) electrons. The molecule has 1 N–H and O–H groups in total. The van der Waals surface area contributed by atoms with Crippen LogP contribution in [0.25, 0.3) is 0 Å². The zero-order valence-corrected chi connectivity index (χ0v) is 30.0. The van der Waals surface area contributed by atoms with Gasteiger partial charge in [-0.2, -0.15) is 5.10 Å². The van der Waals surface area contributed by atoms with Crippen LogP contribution >= 0.6 is 0 Å². The van der Waals surface area contributed by atoms with Gasteiger partial charge >= 0.3 is 5.97 Å². The Kier molecular flexibility index (Phi) is 12.1. The molecule has 2 aliphatic rings. The van der Waals surface area contributed by atoms with Crippen molar-refractivity contribution in [2.75, 3.05) is 25.0 Å². The van der Waals surface area contributed by atoms with E-state index in [1.54, 1.807) is 12.3 Å². The molecule has 9 nitrogen and oxygen atoms in total. The Balaban J connectivity index is 1.61. The first-order chi connectivity index (χ1) is 22.1. The Hall–Kier alpha value is -2.98. The molecule has 1 amide bonds. The number of aryl methyl sites for hydroxylation is 1. The van der Waals surface area contributed by atoms with Gasteiger partial charge in [0.05, 0.1) is 23.8 Å². The molecule has 2 unspecified atom stereocenters. The Morgan fingerprint density at radius 3 is 2.34 bits per heavy atom. The van der Waals surface area contributed by atoms with Gasteiger partial charge in [-0.25, -0.2) is 4.39 Å². The summed E-state index contributed by atoms with van der Waals surface area (Å²) in [5.41, 5.74) is 0.858. The van der Waals surface area contributed by atoms with Crippen molar-refractivity contribution in [3.63, 3.8) is 0 Å². The van der Waals surface area contributed by atoms with E-state index in [-0.39, 0.29) is 41.8 Å². The number of carbonyl (C=O) groups is 2. The lowest BCUT2D eigenvalue weighted by Crippen LogP contribution is -2.55. The first-order valence-electron chi connectivity index (χ1n) is 17.5. The number of ether oxygens (including phenoxy) is 3. The van der Waals surface area contributed by atoms with Crippen molar-refractivity contribution in [2.24, 2.45) is 11.8 Å². The third-order valence-corrected chi connectivity index (χ3v) is 9.36. The first-order valence-corrected chi connectivity index (χ1v) is 17.5. The number of amides is 1. The van der Waals surface area contributed by atoms with Crippen LogP contribution in [0.5, 0.6) is 5.75 Å². The molecule has 0 bridgehead atoms. The van der Waals surface area contributed by atoms with Crippen LogP contribution < -0.4 is 10.1 Å². The summed E-state index contributed by atoms with van der Waals surface area (Å²) in [5, 5.41) is 7.82. The van der Waals surface area contributed by atoms with Gasteiger partial charge in [-0.3, -0.25) is 14.3 Å². The highest BCUT2D eigenvalue weighted by molar-refractivity contribution is 5.98. The number of hydrogen-bond acceptors (Lipinski definition) is 7. The van der Waals surface area contributed by atoms with E-state index < -0.39 is 17.5 Å². The minimum absolute atomic E-state index is 0.0750. The number of anilines is 1. The maximum atomic E-state index is 14.5. The number of esters is 1. The number of carbonyl (C=O) groups excluding carboxylic acids is 2. The topological polar surface area (TPSA) is 94.9 Å². The number of nitrogens with zero attached hydrogens (tertiary/aromatic N) is 3. The number of benzene rings is 1. The van der Waals surface area contributed by atoms with Crippen molar-refractivity contribution >= 4 is 17.6 Å². The molecule has 47 heavy (non-hydrogen) atoms. The normalized spacial score (nSPS) is 23.3. The van der Waals surface area contributed by atoms with Gasteiger partial charge in [0.2, 0.25) is 6.36 Å². The summed E-state index contributed by atoms with van der Waals surface area (Å²) >= 11 is 0. The maximum absolute atomic E-state index is 14.5. The van der Waals surface area contributed by atoms with Crippen LogP contribution in [0.1, 0.15) is 112 Å². The first kappa shape index (κ1) is 36.8. The summed E-state index contributed by atoms with van der Waals surface area (Å²) in [6, 6.07) is 7.54. The van der Waals surface area contributed by atoms with Crippen LogP contribution in [0.15, 0.2) is 30.5 Å². The largest absolute Gasteiger partial charge is 0.460 e. The van der Waals surface area contributed by atoms with E-state index in [4.69, 9.17) is 19.3 Å². The summed E-state index contributed by atoms with van der Waals surface area (Å²) < 4.78 is 33.5. The number of aromatic nitrogens is 2. The van der Waals surface area contributed by atoms with Crippen molar-refractivity contribution < 1.29 is 28.2 Å². The highest BCUT2D eigenvalue weighted by Gasteiger charge is 2.47. The molecule has 262 valence electrons. The minimum Gasteiger partial charge on any atom is -0.460 e. The second-order valence-corrected chi connectivity index (χ2v) is 15.0. The van der Waals surface area contributed by atoms with E-state index in [2.05, 4.69) is 44.8 Å². The van der Waals surface area contributed by atoms with Gasteiger partial charge in [-0.05, 0) is 102 Å². The molecule has 4 rings (SSSR count). The Bertz CT molecular complexity index is 1330. The van der Waals surface area contributed by atoms with Gasteiger partial charge < -0.3 is 24.4 Å². The smallest absolute Gasteiger partial charge is 0.311 e. The molecule has 10 heteroatoms. The van der Waals surface area contributed by atoms with Crippen molar-refractivity contribution in [2.45, 2.75) is 136 Å². The van der Waals surface area contributed by atoms with Crippen molar-refractivity contribution in [1.82, 2.24) is 14.7 Å². The summed E-state index contributed by atoms with van der Waals surface area (Å²) in [4.78, 5) is 30.4. The predicted octanol–water partition coefficient (Wildman–Crippen LogP) is 7.24. The number of rotatable bonds is 12. The quantitative estimate of drug-likeness (QED) is 0.241. The Morgan fingerprint density at radius 2 is 1.77 bits per heavy atom. The van der Waals surface area contributed by atoms with Gasteiger partial charge in [0.15, 0.2) is 0 Å². The number of halogens is 1. The molecule has 2 fully saturated rings. The fourth-order valence-electron chi connectivity index (χ4n) is 7.23. The number of likely N-dealkylation sites (tertiary alicyclic amines) is 1. The highest BCUT2D eigenvalue weighted by atomic mass is 19.1. The molecule has 0 spiro atoms.